The molecule has 0 radical (unpaired) electrons. The van der Waals surface area contributed by atoms with Crippen LogP contribution in [0.15, 0.2) is 0 Å². The second-order valence-electron chi connectivity index (χ2n) is 4.62. The molecule has 0 aromatic carbocycles. The SMILES string of the molecule is COC(=O)C1(C(N)C2CCOCC2)COC1. The number of methoxy groups -OCH3 is 1. The van der Waals surface area contributed by atoms with Crippen LogP contribution in [-0.2, 0) is 19.0 Å². The van der Waals surface area contributed by atoms with E-state index in [1.807, 2.05) is 0 Å². The standard InChI is InChI=1S/C11H19NO4/c1-14-10(13)11(6-16-7-11)9(12)8-2-4-15-5-3-8/h8-9H,2-7,12H2,1H3. The van der Waals surface area contributed by atoms with Crippen LogP contribution >= 0.6 is 0 Å². The van der Waals surface area contributed by atoms with Gasteiger partial charge in [-0.05, 0) is 18.8 Å². The van der Waals surface area contributed by atoms with Crippen molar-refractivity contribution in [2.45, 2.75) is 18.9 Å². The summed E-state index contributed by atoms with van der Waals surface area (Å²) in [5.74, 6) is 0.0921. The molecule has 92 valence electrons. The van der Waals surface area contributed by atoms with Gasteiger partial charge in [-0.25, -0.2) is 0 Å². The number of rotatable bonds is 3. The third kappa shape index (κ3) is 1.83. The number of carbonyl (C=O) groups is 1. The van der Waals surface area contributed by atoms with Crippen molar-refractivity contribution in [2.24, 2.45) is 17.1 Å². The number of hydrogen-bond donors (Lipinski definition) is 1. The van der Waals surface area contributed by atoms with E-state index >= 15 is 0 Å². The van der Waals surface area contributed by atoms with Gasteiger partial charge in [-0.3, -0.25) is 4.79 Å². The second-order valence-corrected chi connectivity index (χ2v) is 4.62. The summed E-state index contributed by atoms with van der Waals surface area (Å²) in [5, 5.41) is 0. The average molecular weight is 229 g/mol. The summed E-state index contributed by atoms with van der Waals surface area (Å²) in [6, 6.07) is -0.183. The van der Waals surface area contributed by atoms with Crippen molar-refractivity contribution in [3.63, 3.8) is 0 Å². The van der Waals surface area contributed by atoms with Gasteiger partial charge in [0.15, 0.2) is 0 Å². The van der Waals surface area contributed by atoms with Gasteiger partial charge >= 0.3 is 5.97 Å². The maximum absolute atomic E-state index is 11.8. The van der Waals surface area contributed by atoms with Gasteiger partial charge in [-0.1, -0.05) is 0 Å². The lowest BCUT2D eigenvalue weighted by Gasteiger charge is -2.46. The molecule has 2 fully saturated rings. The third-order valence-corrected chi connectivity index (χ3v) is 3.72. The van der Waals surface area contributed by atoms with Crippen LogP contribution in [0.4, 0.5) is 0 Å². The highest BCUT2D eigenvalue weighted by Crippen LogP contribution is 2.37. The molecule has 0 bridgehead atoms. The van der Waals surface area contributed by atoms with E-state index in [9.17, 15) is 4.79 Å². The predicted molar refractivity (Wildman–Crippen MR) is 56.8 cm³/mol. The molecule has 1 unspecified atom stereocenters. The zero-order chi connectivity index (χ0) is 11.6. The molecule has 0 aromatic rings. The topological polar surface area (TPSA) is 70.8 Å². The molecule has 2 rings (SSSR count). The van der Waals surface area contributed by atoms with Crippen LogP contribution in [-0.4, -0.2) is 45.5 Å². The summed E-state index contributed by atoms with van der Waals surface area (Å²) in [6.07, 6.45) is 1.83. The number of esters is 1. The molecule has 0 saturated carbocycles. The van der Waals surface area contributed by atoms with Gasteiger partial charge in [0.1, 0.15) is 5.41 Å². The van der Waals surface area contributed by atoms with Gasteiger partial charge < -0.3 is 19.9 Å². The van der Waals surface area contributed by atoms with E-state index in [4.69, 9.17) is 19.9 Å². The smallest absolute Gasteiger partial charge is 0.318 e. The second kappa shape index (κ2) is 4.69. The minimum absolute atomic E-state index is 0.183. The normalized spacial score (nSPS) is 26.9. The molecule has 2 aliphatic rings. The first kappa shape index (κ1) is 11.8. The lowest BCUT2D eigenvalue weighted by atomic mass is 9.71. The van der Waals surface area contributed by atoms with E-state index in [0.717, 1.165) is 26.1 Å². The average Bonchev–Trinajstić information content (AvgIpc) is 2.28. The fourth-order valence-corrected chi connectivity index (χ4v) is 2.50. The van der Waals surface area contributed by atoms with E-state index in [-0.39, 0.29) is 12.0 Å². The van der Waals surface area contributed by atoms with Gasteiger partial charge in [0, 0.05) is 19.3 Å². The Hall–Kier alpha value is -0.650. The maximum atomic E-state index is 11.8. The van der Waals surface area contributed by atoms with E-state index in [1.165, 1.54) is 7.11 Å². The van der Waals surface area contributed by atoms with Crippen LogP contribution in [0.1, 0.15) is 12.8 Å². The number of ether oxygens (including phenoxy) is 3. The minimum atomic E-state index is -0.614. The zero-order valence-corrected chi connectivity index (χ0v) is 9.61. The first-order valence-corrected chi connectivity index (χ1v) is 5.70. The van der Waals surface area contributed by atoms with Gasteiger partial charge in [-0.2, -0.15) is 0 Å². The van der Waals surface area contributed by atoms with E-state index in [1.54, 1.807) is 0 Å². The molecule has 16 heavy (non-hydrogen) atoms. The van der Waals surface area contributed by atoms with Gasteiger partial charge in [-0.15, -0.1) is 0 Å². The highest BCUT2D eigenvalue weighted by atomic mass is 16.5. The summed E-state index contributed by atoms with van der Waals surface area (Å²) in [4.78, 5) is 11.8. The van der Waals surface area contributed by atoms with E-state index in [0.29, 0.717) is 19.1 Å². The highest BCUT2D eigenvalue weighted by Gasteiger charge is 2.54. The molecule has 2 N–H and O–H groups in total. The summed E-state index contributed by atoms with van der Waals surface area (Å²) in [6.45, 7) is 2.24. The van der Waals surface area contributed by atoms with Crippen LogP contribution in [0, 0.1) is 11.3 Å². The van der Waals surface area contributed by atoms with Crippen molar-refractivity contribution < 1.29 is 19.0 Å². The monoisotopic (exact) mass is 229 g/mol. The Balaban J connectivity index is 2.05. The van der Waals surface area contributed by atoms with Crippen LogP contribution in [0.3, 0.4) is 0 Å². The van der Waals surface area contributed by atoms with Crippen molar-refractivity contribution in [3.8, 4) is 0 Å². The molecular formula is C11H19NO4. The molecule has 0 aromatic heterocycles. The summed E-state index contributed by atoms with van der Waals surface area (Å²) in [7, 11) is 1.40. The molecular weight excluding hydrogens is 210 g/mol. The molecule has 1 atom stereocenters. The Bertz CT molecular complexity index is 259. The predicted octanol–water partition coefficient (Wildman–Crippen LogP) is -0.0701. The first-order valence-electron chi connectivity index (χ1n) is 5.70. The Morgan fingerprint density at radius 3 is 2.44 bits per heavy atom. The Morgan fingerprint density at radius 2 is 2.00 bits per heavy atom. The van der Waals surface area contributed by atoms with Gasteiger partial charge in [0.25, 0.3) is 0 Å². The number of nitrogens with two attached hydrogens (primary N) is 1. The molecule has 5 heteroatoms. The number of hydrogen-bond acceptors (Lipinski definition) is 5. The Morgan fingerprint density at radius 1 is 1.38 bits per heavy atom. The van der Waals surface area contributed by atoms with Crippen LogP contribution in [0.2, 0.25) is 0 Å². The zero-order valence-electron chi connectivity index (χ0n) is 9.61. The Kier molecular flexibility index (Phi) is 3.47. The van der Waals surface area contributed by atoms with E-state index in [2.05, 4.69) is 0 Å². The van der Waals surface area contributed by atoms with Crippen molar-refractivity contribution in [3.05, 3.63) is 0 Å². The molecule has 2 aliphatic heterocycles. The fraction of sp³-hybridized carbons (Fsp3) is 0.909. The van der Waals surface area contributed by atoms with Crippen molar-refractivity contribution >= 4 is 5.97 Å². The summed E-state index contributed by atoms with van der Waals surface area (Å²) < 4.78 is 15.3. The van der Waals surface area contributed by atoms with Gasteiger partial charge in [0.05, 0.1) is 20.3 Å². The van der Waals surface area contributed by atoms with Crippen LogP contribution in [0.25, 0.3) is 0 Å². The van der Waals surface area contributed by atoms with Crippen molar-refractivity contribution in [2.75, 3.05) is 33.5 Å². The van der Waals surface area contributed by atoms with Crippen LogP contribution in [0.5, 0.6) is 0 Å². The Labute approximate surface area is 95.2 Å². The van der Waals surface area contributed by atoms with E-state index < -0.39 is 5.41 Å². The van der Waals surface area contributed by atoms with Gasteiger partial charge in [0.2, 0.25) is 0 Å². The summed E-state index contributed by atoms with van der Waals surface area (Å²) in [5.41, 5.74) is 5.61. The lowest BCUT2D eigenvalue weighted by molar-refractivity contribution is -0.192. The fourth-order valence-electron chi connectivity index (χ4n) is 2.50. The highest BCUT2D eigenvalue weighted by molar-refractivity contribution is 5.79. The van der Waals surface area contributed by atoms with Crippen molar-refractivity contribution in [1.29, 1.82) is 0 Å². The maximum Gasteiger partial charge on any atom is 0.318 e. The van der Waals surface area contributed by atoms with Crippen LogP contribution < -0.4 is 5.73 Å². The van der Waals surface area contributed by atoms with Crippen molar-refractivity contribution in [1.82, 2.24) is 0 Å². The largest absolute Gasteiger partial charge is 0.468 e. The first-order chi connectivity index (χ1) is 7.70. The molecule has 0 amide bonds. The number of carbonyl (C=O) groups excluding carboxylic acids is 1. The quantitative estimate of drug-likeness (QED) is 0.686. The lowest BCUT2D eigenvalue weighted by Crippen LogP contribution is -2.63. The molecule has 2 saturated heterocycles. The molecule has 0 aliphatic carbocycles. The molecule has 2 heterocycles. The molecule has 0 spiro atoms. The molecule has 5 nitrogen and oxygen atoms in total. The summed E-state index contributed by atoms with van der Waals surface area (Å²) >= 11 is 0. The third-order valence-electron chi connectivity index (χ3n) is 3.72. The minimum Gasteiger partial charge on any atom is -0.468 e.